The first-order valence-electron chi connectivity index (χ1n) is 7.01. The van der Waals surface area contributed by atoms with Gasteiger partial charge in [-0.2, -0.15) is 0 Å². The van der Waals surface area contributed by atoms with Crippen LogP contribution in [0.4, 0.5) is 0 Å². The van der Waals surface area contributed by atoms with Crippen LogP contribution in [-0.4, -0.2) is 11.0 Å². The van der Waals surface area contributed by atoms with Gasteiger partial charge in [-0.05, 0) is 48.6 Å². The van der Waals surface area contributed by atoms with Gasteiger partial charge in [-0.1, -0.05) is 25.1 Å². The van der Waals surface area contributed by atoms with E-state index in [9.17, 15) is 4.79 Å². The molecule has 0 bridgehead atoms. The maximum atomic E-state index is 12.2. The summed E-state index contributed by atoms with van der Waals surface area (Å²) in [6.07, 6.45) is 4.27. The number of ether oxygens (including phenoxy) is 1. The molecule has 0 N–H and O–H groups in total. The Labute approximate surface area is 118 Å². The van der Waals surface area contributed by atoms with Crippen LogP contribution < -0.4 is 0 Å². The minimum absolute atomic E-state index is 0.204. The molecule has 0 fully saturated rings. The van der Waals surface area contributed by atoms with Gasteiger partial charge in [0.25, 0.3) is 0 Å². The van der Waals surface area contributed by atoms with Crippen molar-refractivity contribution in [3.05, 3.63) is 65.0 Å². The standard InChI is InChI=1S/C17H17NO2/c1-2-12-5-7-14(8-6-12)17(19)20-15-10-9-13-4-3-11-18-16(13)15/h3-8,11,15H,2,9-10H2,1H3/t15-/m1/s1. The Morgan fingerprint density at radius 2 is 2.10 bits per heavy atom. The van der Waals surface area contributed by atoms with Crippen LogP contribution >= 0.6 is 0 Å². The highest BCUT2D eigenvalue weighted by molar-refractivity contribution is 5.89. The summed E-state index contributed by atoms with van der Waals surface area (Å²) < 4.78 is 5.60. The van der Waals surface area contributed by atoms with Crippen molar-refractivity contribution < 1.29 is 9.53 Å². The van der Waals surface area contributed by atoms with Gasteiger partial charge in [0, 0.05) is 6.20 Å². The molecule has 2 aromatic rings. The first-order valence-corrected chi connectivity index (χ1v) is 7.01. The zero-order chi connectivity index (χ0) is 13.9. The molecule has 0 radical (unpaired) electrons. The molecule has 0 aliphatic heterocycles. The van der Waals surface area contributed by atoms with Crippen molar-refractivity contribution >= 4 is 5.97 Å². The van der Waals surface area contributed by atoms with Gasteiger partial charge in [0.1, 0.15) is 6.10 Å². The fraction of sp³-hybridized carbons (Fsp3) is 0.294. The molecule has 1 aromatic heterocycles. The Balaban J connectivity index is 1.73. The quantitative estimate of drug-likeness (QED) is 0.799. The van der Waals surface area contributed by atoms with Crippen LogP contribution in [0.2, 0.25) is 0 Å². The number of carbonyl (C=O) groups is 1. The number of hydrogen-bond acceptors (Lipinski definition) is 3. The summed E-state index contributed by atoms with van der Waals surface area (Å²) in [6, 6.07) is 11.6. The van der Waals surface area contributed by atoms with Crippen molar-refractivity contribution in [2.45, 2.75) is 32.3 Å². The Morgan fingerprint density at radius 1 is 1.30 bits per heavy atom. The molecule has 1 atom stereocenters. The molecule has 1 aliphatic carbocycles. The average molecular weight is 267 g/mol. The molecule has 102 valence electrons. The topological polar surface area (TPSA) is 39.2 Å². The van der Waals surface area contributed by atoms with Crippen molar-refractivity contribution in [1.29, 1.82) is 0 Å². The van der Waals surface area contributed by atoms with E-state index in [0.717, 1.165) is 25.0 Å². The fourth-order valence-electron chi connectivity index (χ4n) is 2.56. The van der Waals surface area contributed by atoms with Gasteiger partial charge in [-0.25, -0.2) is 4.79 Å². The first kappa shape index (κ1) is 12.9. The van der Waals surface area contributed by atoms with E-state index in [2.05, 4.69) is 11.9 Å². The number of nitrogens with zero attached hydrogens (tertiary/aromatic N) is 1. The molecular weight excluding hydrogens is 250 g/mol. The molecule has 1 heterocycles. The van der Waals surface area contributed by atoms with Crippen LogP contribution in [0.5, 0.6) is 0 Å². The molecule has 0 saturated carbocycles. The number of aryl methyl sites for hydroxylation is 2. The van der Waals surface area contributed by atoms with Gasteiger partial charge in [0.2, 0.25) is 0 Å². The third-order valence-electron chi connectivity index (χ3n) is 3.75. The summed E-state index contributed by atoms with van der Waals surface area (Å²) in [5, 5.41) is 0. The van der Waals surface area contributed by atoms with E-state index in [4.69, 9.17) is 4.74 Å². The predicted molar refractivity (Wildman–Crippen MR) is 76.5 cm³/mol. The number of hydrogen-bond donors (Lipinski definition) is 0. The number of aromatic nitrogens is 1. The van der Waals surface area contributed by atoms with Crippen molar-refractivity contribution in [3.8, 4) is 0 Å². The number of esters is 1. The number of fused-ring (bicyclic) bond motifs is 1. The van der Waals surface area contributed by atoms with Gasteiger partial charge in [-0.15, -0.1) is 0 Å². The first-order chi connectivity index (χ1) is 9.78. The van der Waals surface area contributed by atoms with Crippen molar-refractivity contribution in [1.82, 2.24) is 4.98 Å². The Hall–Kier alpha value is -2.16. The average Bonchev–Trinajstić information content (AvgIpc) is 2.91. The van der Waals surface area contributed by atoms with Crippen LogP contribution in [0.25, 0.3) is 0 Å². The summed E-state index contributed by atoms with van der Waals surface area (Å²) in [7, 11) is 0. The predicted octanol–water partition coefficient (Wildman–Crippen LogP) is 3.49. The Morgan fingerprint density at radius 3 is 2.85 bits per heavy atom. The number of benzene rings is 1. The maximum Gasteiger partial charge on any atom is 0.338 e. The fourth-order valence-corrected chi connectivity index (χ4v) is 2.56. The van der Waals surface area contributed by atoms with E-state index in [1.54, 1.807) is 6.20 Å². The Bertz CT molecular complexity index is 619. The van der Waals surface area contributed by atoms with E-state index in [1.165, 1.54) is 11.1 Å². The van der Waals surface area contributed by atoms with Gasteiger partial charge in [0.15, 0.2) is 0 Å². The lowest BCUT2D eigenvalue weighted by molar-refractivity contribution is 0.0293. The Kier molecular flexibility index (Phi) is 3.50. The number of pyridine rings is 1. The molecular formula is C17H17NO2. The second-order valence-electron chi connectivity index (χ2n) is 5.03. The molecule has 1 aromatic carbocycles. The molecule has 1 aliphatic rings. The minimum atomic E-state index is -0.267. The molecule has 0 saturated heterocycles. The third-order valence-corrected chi connectivity index (χ3v) is 3.75. The molecule has 3 rings (SSSR count). The third kappa shape index (κ3) is 2.44. The van der Waals surface area contributed by atoms with Gasteiger partial charge in [0.05, 0.1) is 11.3 Å². The monoisotopic (exact) mass is 267 g/mol. The maximum absolute atomic E-state index is 12.2. The van der Waals surface area contributed by atoms with E-state index in [-0.39, 0.29) is 12.1 Å². The lowest BCUT2D eigenvalue weighted by atomic mass is 10.1. The van der Waals surface area contributed by atoms with Gasteiger partial charge < -0.3 is 4.74 Å². The zero-order valence-corrected chi connectivity index (χ0v) is 11.5. The molecule has 0 spiro atoms. The number of carbonyl (C=O) groups excluding carboxylic acids is 1. The highest BCUT2D eigenvalue weighted by atomic mass is 16.5. The van der Waals surface area contributed by atoms with E-state index in [1.807, 2.05) is 36.4 Å². The molecule has 3 nitrogen and oxygen atoms in total. The lowest BCUT2D eigenvalue weighted by Crippen LogP contribution is -2.10. The normalized spacial score (nSPS) is 16.8. The number of rotatable bonds is 3. The molecule has 20 heavy (non-hydrogen) atoms. The summed E-state index contributed by atoms with van der Waals surface area (Å²) in [6.45, 7) is 2.09. The molecule has 0 unspecified atom stereocenters. The second-order valence-corrected chi connectivity index (χ2v) is 5.03. The largest absolute Gasteiger partial charge is 0.452 e. The SMILES string of the molecule is CCc1ccc(C(=O)O[C@@H]2CCc3cccnc32)cc1. The van der Waals surface area contributed by atoms with Crippen LogP contribution in [0.1, 0.15) is 46.6 Å². The van der Waals surface area contributed by atoms with Crippen LogP contribution in [0.3, 0.4) is 0 Å². The molecule has 3 heteroatoms. The van der Waals surface area contributed by atoms with Crippen molar-refractivity contribution in [2.24, 2.45) is 0 Å². The van der Waals surface area contributed by atoms with Crippen molar-refractivity contribution in [2.75, 3.05) is 0 Å². The summed E-state index contributed by atoms with van der Waals surface area (Å²) in [4.78, 5) is 16.5. The molecule has 0 amide bonds. The van der Waals surface area contributed by atoms with E-state index in [0.29, 0.717) is 5.56 Å². The van der Waals surface area contributed by atoms with Crippen LogP contribution in [0, 0.1) is 0 Å². The van der Waals surface area contributed by atoms with Crippen LogP contribution in [-0.2, 0) is 17.6 Å². The zero-order valence-electron chi connectivity index (χ0n) is 11.5. The highest BCUT2D eigenvalue weighted by Gasteiger charge is 2.27. The van der Waals surface area contributed by atoms with Gasteiger partial charge in [-0.3, -0.25) is 4.98 Å². The summed E-state index contributed by atoms with van der Waals surface area (Å²) in [5.41, 5.74) is 3.92. The summed E-state index contributed by atoms with van der Waals surface area (Å²) in [5.74, 6) is -0.267. The minimum Gasteiger partial charge on any atom is -0.452 e. The van der Waals surface area contributed by atoms with Gasteiger partial charge >= 0.3 is 5.97 Å². The second kappa shape index (κ2) is 5.45. The van der Waals surface area contributed by atoms with Crippen molar-refractivity contribution in [3.63, 3.8) is 0 Å². The smallest absolute Gasteiger partial charge is 0.338 e. The summed E-state index contributed by atoms with van der Waals surface area (Å²) >= 11 is 0. The lowest BCUT2D eigenvalue weighted by Gasteiger charge is -2.12. The highest BCUT2D eigenvalue weighted by Crippen LogP contribution is 2.32. The van der Waals surface area contributed by atoms with E-state index >= 15 is 0 Å². The van der Waals surface area contributed by atoms with E-state index < -0.39 is 0 Å². The van der Waals surface area contributed by atoms with Crippen LogP contribution in [0.15, 0.2) is 42.6 Å².